The van der Waals surface area contributed by atoms with E-state index in [9.17, 15) is 4.79 Å². The molecule has 2 rings (SSSR count). The summed E-state index contributed by atoms with van der Waals surface area (Å²) in [4.78, 5) is 11.1. The van der Waals surface area contributed by atoms with Crippen molar-refractivity contribution in [2.75, 3.05) is 6.61 Å². The predicted molar refractivity (Wildman–Crippen MR) is 57.0 cm³/mol. The molecule has 0 aliphatic carbocycles. The van der Waals surface area contributed by atoms with Crippen LogP contribution >= 0.6 is 0 Å². The summed E-state index contributed by atoms with van der Waals surface area (Å²) < 4.78 is 7.35. The van der Waals surface area contributed by atoms with Crippen LogP contribution in [0.25, 0.3) is 0 Å². The van der Waals surface area contributed by atoms with E-state index in [0.717, 1.165) is 5.69 Å². The number of carbonyl (C=O) groups is 1. The highest BCUT2D eigenvalue weighted by Gasteiger charge is 2.37. The number of carboxylic acid groups (broad SMARTS) is 1. The van der Waals surface area contributed by atoms with Crippen LogP contribution in [0.4, 0.5) is 0 Å². The Labute approximate surface area is 94.0 Å². The van der Waals surface area contributed by atoms with Gasteiger partial charge in [0.25, 0.3) is 0 Å². The summed E-state index contributed by atoms with van der Waals surface area (Å²) in [6.45, 7) is 4.54. The number of carboxylic acids is 1. The lowest BCUT2D eigenvalue weighted by Crippen LogP contribution is -2.21. The predicted octanol–water partition coefficient (Wildman–Crippen LogP) is 1.63. The maximum atomic E-state index is 11.1. The van der Waals surface area contributed by atoms with E-state index in [1.165, 1.54) is 0 Å². The van der Waals surface area contributed by atoms with Gasteiger partial charge in [0.1, 0.15) is 6.10 Å². The third-order valence-electron chi connectivity index (χ3n) is 2.89. The molecule has 0 bridgehead atoms. The molecule has 0 aromatic carbocycles. The van der Waals surface area contributed by atoms with Crippen LogP contribution in [-0.2, 0) is 9.53 Å². The maximum Gasteiger partial charge on any atom is 0.309 e. The fourth-order valence-electron chi connectivity index (χ4n) is 2.12. The van der Waals surface area contributed by atoms with E-state index in [1.807, 2.05) is 24.6 Å². The Bertz CT molecular complexity index is 386. The second kappa shape index (κ2) is 4.25. The second-order valence-corrected chi connectivity index (χ2v) is 4.32. The first-order valence-electron chi connectivity index (χ1n) is 5.49. The van der Waals surface area contributed by atoms with Crippen molar-refractivity contribution < 1.29 is 14.6 Å². The zero-order chi connectivity index (χ0) is 11.7. The van der Waals surface area contributed by atoms with Crippen LogP contribution in [0.1, 0.15) is 38.1 Å². The van der Waals surface area contributed by atoms with Gasteiger partial charge < -0.3 is 9.84 Å². The number of hydrogen-bond acceptors (Lipinski definition) is 3. The van der Waals surface area contributed by atoms with Gasteiger partial charge in [0, 0.05) is 18.8 Å². The van der Waals surface area contributed by atoms with Gasteiger partial charge in [0.05, 0.1) is 11.6 Å². The lowest BCUT2D eigenvalue weighted by molar-refractivity contribution is -0.143. The summed E-state index contributed by atoms with van der Waals surface area (Å²) in [5.74, 6) is -1.24. The van der Waals surface area contributed by atoms with Crippen molar-refractivity contribution in [3.05, 3.63) is 18.0 Å². The standard InChI is InChI=1S/C11H16N2O3/c1-7(2)13-9(3-5-12-13)10-8(11(14)15)4-6-16-10/h3,5,7-8,10H,4,6H2,1-2H3,(H,14,15)/t8-,10-/m0/s1. The summed E-state index contributed by atoms with van der Waals surface area (Å²) in [6.07, 6.45) is 1.90. The van der Waals surface area contributed by atoms with Crippen LogP contribution in [0.5, 0.6) is 0 Å². The van der Waals surface area contributed by atoms with Crippen molar-refractivity contribution in [2.24, 2.45) is 5.92 Å². The summed E-state index contributed by atoms with van der Waals surface area (Å²) in [6, 6.07) is 2.05. The molecule has 1 aromatic rings. The van der Waals surface area contributed by atoms with Gasteiger partial charge in [-0.3, -0.25) is 9.48 Å². The molecule has 0 saturated carbocycles. The summed E-state index contributed by atoms with van der Waals surface area (Å²) in [5, 5.41) is 13.3. The first-order valence-corrected chi connectivity index (χ1v) is 5.49. The molecule has 2 atom stereocenters. The average Bonchev–Trinajstić information content (AvgIpc) is 2.85. The molecule has 1 N–H and O–H groups in total. The molecule has 0 radical (unpaired) electrons. The van der Waals surface area contributed by atoms with Gasteiger partial charge in [-0.05, 0) is 26.3 Å². The Morgan fingerprint density at radius 2 is 2.44 bits per heavy atom. The molecular weight excluding hydrogens is 208 g/mol. The number of aliphatic carboxylic acids is 1. The van der Waals surface area contributed by atoms with Crippen molar-refractivity contribution in [3.63, 3.8) is 0 Å². The largest absolute Gasteiger partial charge is 0.481 e. The van der Waals surface area contributed by atoms with Crippen molar-refractivity contribution in [2.45, 2.75) is 32.4 Å². The third-order valence-corrected chi connectivity index (χ3v) is 2.89. The monoisotopic (exact) mass is 224 g/mol. The number of nitrogens with zero attached hydrogens (tertiary/aromatic N) is 2. The van der Waals surface area contributed by atoms with Crippen molar-refractivity contribution in [3.8, 4) is 0 Å². The molecule has 1 aromatic heterocycles. The van der Waals surface area contributed by atoms with Crippen LogP contribution in [0.2, 0.25) is 0 Å². The van der Waals surface area contributed by atoms with Crippen LogP contribution in [-0.4, -0.2) is 27.5 Å². The van der Waals surface area contributed by atoms with E-state index >= 15 is 0 Å². The zero-order valence-corrected chi connectivity index (χ0v) is 9.46. The number of ether oxygens (including phenoxy) is 1. The molecule has 0 unspecified atom stereocenters. The number of rotatable bonds is 3. The molecule has 1 aliphatic heterocycles. The maximum absolute atomic E-state index is 11.1. The SMILES string of the molecule is CC(C)n1nccc1[C@H]1OCC[C@@H]1C(=O)O. The fraction of sp³-hybridized carbons (Fsp3) is 0.636. The lowest BCUT2D eigenvalue weighted by atomic mass is 9.99. The first kappa shape index (κ1) is 11.1. The molecule has 0 spiro atoms. The smallest absolute Gasteiger partial charge is 0.309 e. The Balaban J connectivity index is 2.29. The molecular formula is C11H16N2O3. The molecule has 88 valence electrons. The first-order chi connectivity index (χ1) is 7.61. The molecule has 2 heterocycles. The van der Waals surface area contributed by atoms with Crippen molar-refractivity contribution >= 4 is 5.97 Å². The van der Waals surface area contributed by atoms with Gasteiger partial charge in [-0.15, -0.1) is 0 Å². The Morgan fingerprint density at radius 1 is 1.69 bits per heavy atom. The van der Waals surface area contributed by atoms with Gasteiger partial charge in [0.2, 0.25) is 0 Å². The van der Waals surface area contributed by atoms with Crippen molar-refractivity contribution in [1.82, 2.24) is 9.78 Å². The Kier molecular flexibility index (Phi) is 2.96. The van der Waals surface area contributed by atoms with Crippen molar-refractivity contribution in [1.29, 1.82) is 0 Å². The van der Waals surface area contributed by atoms with E-state index in [4.69, 9.17) is 9.84 Å². The van der Waals surface area contributed by atoms with Crippen LogP contribution in [0.15, 0.2) is 12.3 Å². The minimum absolute atomic E-state index is 0.212. The zero-order valence-electron chi connectivity index (χ0n) is 9.46. The quantitative estimate of drug-likeness (QED) is 0.847. The molecule has 0 amide bonds. The van der Waals surface area contributed by atoms with E-state index in [0.29, 0.717) is 13.0 Å². The topological polar surface area (TPSA) is 64.4 Å². The van der Waals surface area contributed by atoms with Gasteiger partial charge >= 0.3 is 5.97 Å². The Morgan fingerprint density at radius 3 is 3.06 bits per heavy atom. The average molecular weight is 224 g/mol. The highest BCUT2D eigenvalue weighted by molar-refractivity contribution is 5.71. The molecule has 16 heavy (non-hydrogen) atoms. The third kappa shape index (κ3) is 1.82. The van der Waals surface area contributed by atoms with Crippen LogP contribution in [0, 0.1) is 5.92 Å². The second-order valence-electron chi connectivity index (χ2n) is 4.32. The normalized spacial score (nSPS) is 25.2. The van der Waals surface area contributed by atoms with E-state index in [-0.39, 0.29) is 12.1 Å². The molecule has 1 aliphatic rings. The molecule has 5 nitrogen and oxygen atoms in total. The fourth-order valence-corrected chi connectivity index (χ4v) is 2.12. The van der Waals surface area contributed by atoms with E-state index in [2.05, 4.69) is 5.10 Å². The minimum atomic E-state index is -0.793. The van der Waals surface area contributed by atoms with Crippen LogP contribution in [0.3, 0.4) is 0 Å². The Hall–Kier alpha value is -1.36. The summed E-state index contributed by atoms with van der Waals surface area (Å²) in [7, 11) is 0. The van der Waals surface area contributed by atoms with Gasteiger partial charge in [-0.2, -0.15) is 5.10 Å². The lowest BCUT2D eigenvalue weighted by Gasteiger charge is -2.18. The molecule has 1 saturated heterocycles. The van der Waals surface area contributed by atoms with Gasteiger partial charge in [0.15, 0.2) is 0 Å². The highest BCUT2D eigenvalue weighted by Crippen LogP contribution is 2.35. The summed E-state index contributed by atoms with van der Waals surface area (Å²) in [5.41, 5.74) is 0.861. The number of hydrogen-bond donors (Lipinski definition) is 1. The summed E-state index contributed by atoms with van der Waals surface area (Å²) >= 11 is 0. The molecule has 1 fully saturated rings. The number of aromatic nitrogens is 2. The van der Waals surface area contributed by atoms with Crippen LogP contribution < -0.4 is 0 Å². The van der Waals surface area contributed by atoms with Gasteiger partial charge in [-0.25, -0.2) is 0 Å². The van der Waals surface area contributed by atoms with E-state index in [1.54, 1.807) is 6.20 Å². The highest BCUT2D eigenvalue weighted by atomic mass is 16.5. The van der Waals surface area contributed by atoms with E-state index < -0.39 is 11.9 Å². The van der Waals surface area contributed by atoms with Gasteiger partial charge in [-0.1, -0.05) is 0 Å². The minimum Gasteiger partial charge on any atom is -0.481 e. The molecule has 5 heteroatoms.